The van der Waals surface area contributed by atoms with E-state index < -0.39 is 0 Å². The van der Waals surface area contributed by atoms with Crippen molar-refractivity contribution in [1.82, 2.24) is 0 Å². The van der Waals surface area contributed by atoms with E-state index in [-0.39, 0.29) is 0 Å². The van der Waals surface area contributed by atoms with Crippen LogP contribution in [-0.2, 0) is 0 Å². The molecule has 0 aromatic heterocycles. The molecule has 2 bridgehead atoms. The molecule has 3 unspecified atom stereocenters. The van der Waals surface area contributed by atoms with Gasteiger partial charge in [-0.2, -0.15) is 0 Å². The van der Waals surface area contributed by atoms with Gasteiger partial charge in [0.1, 0.15) is 0 Å². The summed E-state index contributed by atoms with van der Waals surface area (Å²) < 4.78 is 0. The zero-order chi connectivity index (χ0) is 7.90. The minimum absolute atomic E-state index is 0.414. The zero-order valence-electron chi connectivity index (χ0n) is 7.22. The van der Waals surface area contributed by atoms with Crippen LogP contribution in [-0.4, -0.2) is 0 Å². The molecule has 3 atom stereocenters. The topological polar surface area (TPSA) is 0 Å². The molecule has 3 aliphatic carbocycles. The molecule has 0 heterocycles. The van der Waals surface area contributed by atoms with Crippen LogP contribution < -0.4 is 0 Å². The molecule has 0 amide bonds. The van der Waals surface area contributed by atoms with Crippen molar-refractivity contribution < 1.29 is 0 Å². The third-order valence-corrected chi connectivity index (χ3v) is 3.48. The van der Waals surface area contributed by atoms with Crippen molar-refractivity contribution in [1.29, 1.82) is 0 Å². The van der Waals surface area contributed by atoms with Crippen LogP contribution in [0.25, 0.3) is 0 Å². The molecule has 0 aromatic rings. The first kappa shape index (κ1) is 7.15. The summed E-state index contributed by atoms with van der Waals surface area (Å²) in [5, 5.41) is 0. The Bertz CT molecular complexity index is 202. The van der Waals surface area contributed by atoms with Gasteiger partial charge in [0.05, 0.1) is 0 Å². The van der Waals surface area contributed by atoms with E-state index in [1.54, 1.807) is 0 Å². The first-order valence-electron chi connectivity index (χ1n) is 4.56. The van der Waals surface area contributed by atoms with Gasteiger partial charge >= 0.3 is 0 Å². The van der Waals surface area contributed by atoms with Crippen molar-refractivity contribution in [2.75, 3.05) is 0 Å². The first-order valence-corrected chi connectivity index (χ1v) is 4.56. The molecule has 60 valence electrons. The highest BCUT2D eigenvalue weighted by molar-refractivity contribution is 5.15. The summed E-state index contributed by atoms with van der Waals surface area (Å²) in [4.78, 5) is 0. The van der Waals surface area contributed by atoms with Gasteiger partial charge in [0.2, 0.25) is 0 Å². The average molecular weight is 148 g/mol. The number of hydrogen-bond acceptors (Lipinski definition) is 0. The number of rotatable bonds is 1. The van der Waals surface area contributed by atoms with Crippen LogP contribution in [0.4, 0.5) is 0 Å². The molecule has 0 aliphatic heterocycles. The lowest BCUT2D eigenvalue weighted by atomic mass is 9.60. The fourth-order valence-corrected chi connectivity index (χ4v) is 2.55. The highest BCUT2D eigenvalue weighted by atomic mass is 14.4. The quantitative estimate of drug-likeness (QED) is 0.501. The van der Waals surface area contributed by atoms with Crippen LogP contribution in [0, 0.1) is 17.3 Å². The highest BCUT2D eigenvalue weighted by Crippen LogP contribution is 2.49. The third kappa shape index (κ3) is 0.962. The lowest BCUT2D eigenvalue weighted by Crippen LogP contribution is -2.34. The Kier molecular flexibility index (Phi) is 1.45. The molecule has 0 N–H and O–H groups in total. The predicted octanol–water partition coefficient (Wildman–Crippen LogP) is 3.16. The van der Waals surface area contributed by atoms with E-state index in [0.717, 1.165) is 11.8 Å². The van der Waals surface area contributed by atoms with Gasteiger partial charge < -0.3 is 0 Å². The van der Waals surface area contributed by atoms with Crippen LogP contribution >= 0.6 is 0 Å². The SMILES string of the molecule is C=CC1(C)CC2C=CC1CC2. The minimum atomic E-state index is 0.414. The van der Waals surface area contributed by atoms with Gasteiger partial charge in [-0.05, 0) is 36.5 Å². The Morgan fingerprint density at radius 2 is 2.27 bits per heavy atom. The summed E-state index contributed by atoms with van der Waals surface area (Å²) in [6.45, 7) is 6.29. The standard InChI is InChI=1S/C11H16/c1-3-11(2)8-9-4-6-10(11)7-5-9/h3-4,6,9-10H,1,5,7-8H2,2H3. The van der Waals surface area contributed by atoms with E-state index in [2.05, 4.69) is 31.7 Å². The van der Waals surface area contributed by atoms with Gasteiger partial charge in [0.25, 0.3) is 0 Å². The summed E-state index contributed by atoms with van der Waals surface area (Å²) in [5.41, 5.74) is 0.414. The average Bonchev–Trinajstić information content (AvgIpc) is 2.06. The lowest BCUT2D eigenvalue weighted by Gasteiger charge is -2.44. The van der Waals surface area contributed by atoms with E-state index in [1.165, 1.54) is 19.3 Å². The second-order valence-electron chi connectivity index (χ2n) is 4.24. The van der Waals surface area contributed by atoms with E-state index in [4.69, 9.17) is 0 Å². The van der Waals surface area contributed by atoms with Crippen LogP contribution in [0.5, 0.6) is 0 Å². The molecule has 1 saturated carbocycles. The van der Waals surface area contributed by atoms with Crippen LogP contribution in [0.3, 0.4) is 0 Å². The molecule has 3 rings (SSSR count). The first-order chi connectivity index (χ1) is 5.24. The molecule has 0 spiro atoms. The smallest absolute Gasteiger partial charge is 0.00809 e. The molecule has 0 aromatic carbocycles. The fraction of sp³-hybridized carbons (Fsp3) is 0.636. The summed E-state index contributed by atoms with van der Waals surface area (Å²) >= 11 is 0. The molecule has 1 fully saturated rings. The second kappa shape index (κ2) is 2.23. The van der Waals surface area contributed by atoms with Gasteiger partial charge in [-0.15, -0.1) is 6.58 Å². The lowest BCUT2D eigenvalue weighted by molar-refractivity contribution is 0.161. The van der Waals surface area contributed by atoms with Crippen molar-refractivity contribution in [3.05, 3.63) is 24.8 Å². The van der Waals surface area contributed by atoms with Crippen molar-refractivity contribution in [3.63, 3.8) is 0 Å². The minimum Gasteiger partial charge on any atom is -0.103 e. The maximum Gasteiger partial charge on any atom is -0.00809 e. The molecular formula is C11H16. The monoisotopic (exact) mass is 148 g/mol. The summed E-state index contributed by atoms with van der Waals surface area (Å²) in [6, 6.07) is 0. The summed E-state index contributed by atoms with van der Waals surface area (Å²) in [5.74, 6) is 1.63. The molecule has 11 heavy (non-hydrogen) atoms. The molecule has 0 nitrogen and oxygen atoms in total. The number of fused-ring (bicyclic) bond motifs is 2. The predicted molar refractivity (Wildman–Crippen MR) is 48.3 cm³/mol. The normalized spacial score (nSPS) is 47.7. The number of allylic oxidation sites excluding steroid dienone is 3. The molecule has 0 heteroatoms. The van der Waals surface area contributed by atoms with Crippen molar-refractivity contribution >= 4 is 0 Å². The van der Waals surface area contributed by atoms with Crippen LogP contribution in [0.15, 0.2) is 24.8 Å². The van der Waals surface area contributed by atoms with Crippen LogP contribution in [0.1, 0.15) is 26.2 Å². The Morgan fingerprint density at radius 1 is 1.45 bits per heavy atom. The summed E-state index contributed by atoms with van der Waals surface area (Å²) in [6.07, 6.45) is 11.1. The maximum atomic E-state index is 3.94. The molecule has 0 saturated heterocycles. The largest absolute Gasteiger partial charge is 0.103 e. The van der Waals surface area contributed by atoms with E-state index in [9.17, 15) is 0 Å². The van der Waals surface area contributed by atoms with E-state index in [1.807, 2.05) is 0 Å². The van der Waals surface area contributed by atoms with Gasteiger partial charge in [-0.3, -0.25) is 0 Å². The highest BCUT2D eigenvalue weighted by Gasteiger charge is 2.38. The zero-order valence-corrected chi connectivity index (χ0v) is 7.22. The van der Waals surface area contributed by atoms with Gasteiger partial charge in [-0.25, -0.2) is 0 Å². The van der Waals surface area contributed by atoms with Gasteiger partial charge in [0, 0.05) is 0 Å². The Labute approximate surface area is 69.0 Å². The molecular weight excluding hydrogens is 132 g/mol. The molecule has 0 radical (unpaired) electrons. The second-order valence-corrected chi connectivity index (χ2v) is 4.24. The Hall–Kier alpha value is -0.520. The van der Waals surface area contributed by atoms with Crippen molar-refractivity contribution in [2.45, 2.75) is 26.2 Å². The van der Waals surface area contributed by atoms with Crippen molar-refractivity contribution in [3.8, 4) is 0 Å². The van der Waals surface area contributed by atoms with E-state index >= 15 is 0 Å². The number of hydrogen-bond donors (Lipinski definition) is 0. The summed E-state index contributed by atoms with van der Waals surface area (Å²) in [7, 11) is 0. The maximum absolute atomic E-state index is 3.94. The Balaban J connectivity index is 2.29. The fourth-order valence-electron chi connectivity index (χ4n) is 2.55. The third-order valence-electron chi connectivity index (χ3n) is 3.48. The van der Waals surface area contributed by atoms with Gasteiger partial charge in [0.15, 0.2) is 0 Å². The Morgan fingerprint density at radius 3 is 2.55 bits per heavy atom. The van der Waals surface area contributed by atoms with Crippen molar-refractivity contribution in [2.24, 2.45) is 17.3 Å². The molecule has 3 aliphatic rings. The van der Waals surface area contributed by atoms with Gasteiger partial charge in [-0.1, -0.05) is 25.2 Å². The van der Waals surface area contributed by atoms with Crippen LogP contribution in [0.2, 0.25) is 0 Å². The van der Waals surface area contributed by atoms with E-state index in [0.29, 0.717) is 5.41 Å².